The summed E-state index contributed by atoms with van der Waals surface area (Å²) in [5.74, 6) is 0. The fourth-order valence-corrected chi connectivity index (χ4v) is 1.91. The third kappa shape index (κ3) is 1.87. The van der Waals surface area contributed by atoms with Crippen molar-refractivity contribution in [2.24, 2.45) is 0 Å². The molecule has 0 aliphatic heterocycles. The van der Waals surface area contributed by atoms with Gasteiger partial charge in [0.05, 0.1) is 6.61 Å². The summed E-state index contributed by atoms with van der Waals surface area (Å²) in [7, 11) is 1.94. The minimum Gasteiger partial charge on any atom is -0.392 e. The van der Waals surface area contributed by atoms with E-state index in [9.17, 15) is 5.11 Å². The predicted molar refractivity (Wildman–Crippen MR) is 62.6 cm³/mol. The predicted octanol–water partition coefficient (Wildman–Crippen LogP) is 2.05. The van der Waals surface area contributed by atoms with Crippen LogP contribution in [0.15, 0.2) is 36.4 Å². The number of benzene rings is 2. The number of aliphatic hydroxyl groups excluding tert-OH is 1. The van der Waals surface area contributed by atoms with Gasteiger partial charge in [0.2, 0.25) is 0 Å². The van der Waals surface area contributed by atoms with Crippen LogP contribution >= 0.6 is 0 Å². The Morgan fingerprint density at radius 3 is 2.20 bits per heavy atom. The molecule has 15 heavy (non-hydrogen) atoms. The smallest absolute Gasteiger partial charge is 0.0687 e. The largest absolute Gasteiger partial charge is 0.392 e. The summed E-state index contributed by atoms with van der Waals surface area (Å²) >= 11 is 0. The lowest BCUT2D eigenvalue weighted by molar-refractivity contribution is 0.283. The summed E-state index contributed by atoms with van der Waals surface area (Å²) in [5, 5.41) is 14.8. The molecule has 0 bridgehead atoms. The van der Waals surface area contributed by atoms with E-state index in [0.717, 1.165) is 17.5 Å². The second-order valence-corrected chi connectivity index (χ2v) is 3.62. The second kappa shape index (κ2) is 4.43. The molecule has 2 nitrogen and oxygen atoms in total. The van der Waals surface area contributed by atoms with E-state index in [-0.39, 0.29) is 6.61 Å². The zero-order valence-corrected chi connectivity index (χ0v) is 8.83. The van der Waals surface area contributed by atoms with E-state index in [2.05, 4.69) is 23.5 Å². The molecule has 0 aromatic heterocycles. The fourth-order valence-electron chi connectivity index (χ4n) is 1.91. The van der Waals surface area contributed by atoms with Crippen LogP contribution in [0.4, 0.5) is 0 Å². The Balaban J connectivity index is 2.66. The van der Waals surface area contributed by atoms with Crippen LogP contribution in [0, 0.1) is 0 Å². The molecule has 0 radical (unpaired) electrons. The lowest BCUT2D eigenvalue weighted by Gasteiger charge is -2.09. The summed E-state index contributed by atoms with van der Waals surface area (Å²) in [6.07, 6.45) is 0. The highest BCUT2D eigenvalue weighted by atomic mass is 16.3. The average molecular weight is 201 g/mol. The first-order chi connectivity index (χ1) is 7.36. The van der Waals surface area contributed by atoms with E-state index in [1.807, 2.05) is 25.2 Å². The second-order valence-electron chi connectivity index (χ2n) is 3.62. The molecular formula is C13H15NO. The van der Waals surface area contributed by atoms with Crippen molar-refractivity contribution in [1.29, 1.82) is 0 Å². The van der Waals surface area contributed by atoms with Gasteiger partial charge in [0.1, 0.15) is 0 Å². The van der Waals surface area contributed by atoms with Gasteiger partial charge in [-0.15, -0.1) is 0 Å². The molecule has 0 unspecified atom stereocenters. The molecule has 2 rings (SSSR count). The van der Waals surface area contributed by atoms with Crippen molar-refractivity contribution in [2.45, 2.75) is 13.2 Å². The van der Waals surface area contributed by atoms with E-state index in [0.29, 0.717) is 0 Å². The van der Waals surface area contributed by atoms with Gasteiger partial charge in [0, 0.05) is 6.54 Å². The SMILES string of the molecule is CNCc1ccc(CO)c2ccccc12. The molecule has 2 aromatic carbocycles. The fraction of sp³-hybridized carbons (Fsp3) is 0.231. The molecule has 0 saturated heterocycles. The first-order valence-corrected chi connectivity index (χ1v) is 5.11. The van der Waals surface area contributed by atoms with Crippen molar-refractivity contribution in [3.8, 4) is 0 Å². The van der Waals surface area contributed by atoms with Gasteiger partial charge in [0.15, 0.2) is 0 Å². The van der Waals surface area contributed by atoms with Gasteiger partial charge in [-0.05, 0) is 28.9 Å². The normalized spacial score (nSPS) is 10.8. The van der Waals surface area contributed by atoms with Gasteiger partial charge < -0.3 is 10.4 Å². The van der Waals surface area contributed by atoms with Crippen LogP contribution in [-0.4, -0.2) is 12.2 Å². The van der Waals surface area contributed by atoms with Gasteiger partial charge >= 0.3 is 0 Å². The molecule has 0 amide bonds. The highest BCUT2D eigenvalue weighted by molar-refractivity contribution is 5.88. The van der Waals surface area contributed by atoms with Gasteiger partial charge in [0.25, 0.3) is 0 Å². The summed E-state index contributed by atoms with van der Waals surface area (Å²) in [5.41, 5.74) is 2.26. The minimum absolute atomic E-state index is 0.0976. The Hall–Kier alpha value is -1.38. The number of aliphatic hydroxyl groups is 1. The maximum atomic E-state index is 9.24. The van der Waals surface area contributed by atoms with Crippen molar-refractivity contribution in [2.75, 3.05) is 7.05 Å². The van der Waals surface area contributed by atoms with Gasteiger partial charge in [-0.25, -0.2) is 0 Å². The molecule has 0 heterocycles. The van der Waals surface area contributed by atoms with Crippen LogP contribution in [0.3, 0.4) is 0 Å². The lowest BCUT2D eigenvalue weighted by Crippen LogP contribution is -2.05. The number of nitrogens with one attached hydrogen (secondary N) is 1. The van der Waals surface area contributed by atoms with Crippen LogP contribution < -0.4 is 5.32 Å². The first kappa shape index (κ1) is 10.1. The Bertz CT molecular complexity index is 465. The Labute approximate surface area is 89.6 Å². The molecule has 0 fully saturated rings. The third-order valence-corrected chi connectivity index (χ3v) is 2.64. The Morgan fingerprint density at radius 1 is 1.00 bits per heavy atom. The monoisotopic (exact) mass is 201 g/mol. The molecule has 0 saturated carbocycles. The van der Waals surface area contributed by atoms with Crippen LogP contribution in [0.25, 0.3) is 10.8 Å². The first-order valence-electron chi connectivity index (χ1n) is 5.11. The molecule has 0 spiro atoms. The van der Waals surface area contributed by atoms with Crippen LogP contribution in [0.1, 0.15) is 11.1 Å². The number of rotatable bonds is 3. The Morgan fingerprint density at radius 2 is 1.60 bits per heavy atom. The maximum absolute atomic E-state index is 9.24. The van der Waals surface area contributed by atoms with Crippen LogP contribution in [0.5, 0.6) is 0 Å². The van der Waals surface area contributed by atoms with E-state index in [1.54, 1.807) is 0 Å². The highest BCUT2D eigenvalue weighted by Gasteiger charge is 2.03. The summed E-state index contributed by atoms with van der Waals surface area (Å²) in [6.45, 7) is 0.951. The molecule has 2 aromatic rings. The molecule has 2 N–H and O–H groups in total. The summed E-state index contributed by atoms with van der Waals surface area (Å²) in [4.78, 5) is 0. The van der Waals surface area contributed by atoms with Gasteiger partial charge in [-0.2, -0.15) is 0 Å². The molecule has 0 atom stereocenters. The molecule has 2 heteroatoms. The zero-order valence-electron chi connectivity index (χ0n) is 8.83. The number of hydrogen-bond acceptors (Lipinski definition) is 2. The van der Waals surface area contributed by atoms with Crippen molar-refractivity contribution in [3.05, 3.63) is 47.5 Å². The number of fused-ring (bicyclic) bond motifs is 1. The van der Waals surface area contributed by atoms with E-state index >= 15 is 0 Å². The highest BCUT2D eigenvalue weighted by Crippen LogP contribution is 2.22. The van der Waals surface area contributed by atoms with Crippen LogP contribution in [-0.2, 0) is 13.2 Å². The van der Waals surface area contributed by atoms with E-state index in [1.165, 1.54) is 10.9 Å². The van der Waals surface area contributed by atoms with E-state index in [4.69, 9.17) is 0 Å². The summed E-state index contributed by atoms with van der Waals surface area (Å²) in [6, 6.07) is 12.3. The average Bonchev–Trinajstić information content (AvgIpc) is 2.30. The van der Waals surface area contributed by atoms with Crippen molar-refractivity contribution < 1.29 is 5.11 Å². The molecular weight excluding hydrogens is 186 g/mol. The zero-order chi connectivity index (χ0) is 10.7. The van der Waals surface area contributed by atoms with Crippen molar-refractivity contribution in [3.63, 3.8) is 0 Å². The summed E-state index contributed by atoms with van der Waals surface area (Å²) < 4.78 is 0. The number of hydrogen-bond donors (Lipinski definition) is 2. The third-order valence-electron chi connectivity index (χ3n) is 2.64. The van der Waals surface area contributed by atoms with Gasteiger partial charge in [-0.3, -0.25) is 0 Å². The molecule has 0 aliphatic rings. The molecule has 78 valence electrons. The van der Waals surface area contributed by atoms with Gasteiger partial charge in [-0.1, -0.05) is 36.4 Å². The standard InChI is InChI=1S/C13H15NO/c1-14-8-10-6-7-11(9-15)13-5-3-2-4-12(10)13/h2-7,14-15H,8-9H2,1H3. The quantitative estimate of drug-likeness (QED) is 0.796. The van der Waals surface area contributed by atoms with Crippen LogP contribution in [0.2, 0.25) is 0 Å². The minimum atomic E-state index is 0.0976. The van der Waals surface area contributed by atoms with Crippen molar-refractivity contribution in [1.82, 2.24) is 5.32 Å². The van der Waals surface area contributed by atoms with E-state index < -0.39 is 0 Å². The Kier molecular flexibility index (Phi) is 2.99. The maximum Gasteiger partial charge on any atom is 0.0687 e. The molecule has 0 aliphatic carbocycles. The van der Waals surface area contributed by atoms with Crippen molar-refractivity contribution >= 4 is 10.8 Å². The topological polar surface area (TPSA) is 32.3 Å². The lowest BCUT2D eigenvalue weighted by atomic mass is 10.00.